The number of carbonyl (C=O) groups excluding carboxylic acids is 2. The highest BCUT2D eigenvalue weighted by Gasteiger charge is 2.57. The third kappa shape index (κ3) is 1.98. The van der Waals surface area contributed by atoms with E-state index in [4.69, 9.17) is 0 Å². The summed E-state index contributed by atoms with van der Waals surface area (Å²) in [5, 5.41) is 0. The molecule has 22 heavy (non-hydrogen) atoms. The third-order valence-corrected chi connectivity index (χ3v) is 7.79. The van der Waals surface area contributed by atoms with E-state index < -0.39 is 0 Å². The molecule has 0 radical (unpaired) electrons. The van der Waals surface area contributed by atoms with E-state index in [1.54, 1.807) is 6.92 Å². The van der Waals surface area contributed by atoms with E-state index in [-0.39, 0.29) is 5.41 Å². The lowest BCUT2D eigenvalue weighted by Gasteiger charge is -2.53. The van der Waals surface area contributed by atoms with Crippen LogP contribution in [0.4, 0.5) is 0 Å². The van der Waals surface area contributed by atoms with Crippen molar-refractivity contribution < 1.29 is 9.59 Å². The fourth-order valence-corrected chi connectivity index (χ4v) is 6.85. The van der Waals surface area contributed by atoms with Crippen LogP contribution in [0.3, 0.4) is 0 Å². The molecule has 4 rings (SSSR count). The first-order valence-electron chi connectivity index (χ1n) is 9.24. The molecule has 0 aromatic carbocycles. The Morgan fingerprint density at radius 3 is 2.68 bits per heavy atom. The van der Waals surface area contributed by atoms with Crippen molar-refractivity contribution in [1.29, 1.82) is 0 Å². The molecule has 0 aromatic rings. The van der Waals surface area contributed by atoms with Crippen LogP contribution in [-0.2, 0) is 9.59 Å². The monoisotopic (exact) mass is 300 g/mol. The van der Waals surface area contributed by atoms with E-state index in [0.717, 1.165) is 43.4 Å². The van der Waals surface area contributed by atoms with Crippen LogP contribution in [0.2, 0.25) is 0 Å². The van der Waals surface area contributed by atoms with Gasteiger partial charge in [-0.15, -0.1) is 0 Å². The summed E-state index contributed by atoms with van der Waals surface area (Å²) in [5.74, 6) is 4.10. The van der Waals surface area contributed by atoms with E-state index in [1.807, 2.05) is 6.08 Å². The molecule has 4 aliphatic rings. The van der Waals surface area contributed by atoms with Crippen molar-refractivity contribution in [3.05, 3.63) is 11.6 Å². The Morgan fingerprint density at radius 1 is 1.09 bits per heavy atom. The van der Waals surface area contributed by atoms with Gasteiger partial charge >= 0.3 is 0 Å². The molecule has 0 heterocycles. The lowest BCUT2D eigenvalue weighted by atomic mass is 9.51. The number of hydrogen-bond donors (Lipinski definition) is 0. The fraction of sp³-hybridized carbons (Fsp3) is 0.800. The van der Waals surface area contributed by atoms with E-state index in [9.17, 15) is 9.59 Å². The Kier molecular flexibility index (Phi) is 3.36. The average Bonchev–Trinajstić information content (AvgIpc) is 2.84. The molecular weight excluding hydrogens is 272 g/mol. The zero-order valence-electron chi connectivity index (χ0n) is 13.9. The molecule has 3 saturated carbocycles. The van der Waals surface area contributed by atoms with Gasteiger partial charge in [0.15, 0.2) is 5.78 Å². The van der Waals surface area contributed by atoms with E-state index in [0.29, 0.717) is 23.4 Å². The van der Waals surface area contributed by atoms with Crippen molar-refractivity contribution in [3.63, 3.8) is 0 Å². The molecule has 3 fully saturated rings. The molecule has 2 heteroatoms. The van der Waals surface area contributed by atoms with Crippen molar-refractivity contribution in [2.45, 2.75) is 65.2 Å². The molecule has 0 amide bonds. The van der Waals surface area contributed by atoms with E-state index in [2.05, 4.69) is 6.92 Å². The van der Waals surface area contributed by atoms with Crippen molar-refractivity contribution in [3.8, 4) is 0 Å². The Bertz CT molecular complexity index is 546. The molecule has 0 bridgehead atoms. The number of allylic oxidation sites excluding steroid dienone is 1. The highest BCUT2D eigenvalue weighted by molar-refractivity contribution is 5.91. The molecule has 4 aliphatic carbocycles. The highest BCUT2D eigenvalue weighted by atomic mass is 16.1. The van der Waals surface area contributed by atoms with Gasteiger partial charge in [0.25, 0.3) is 0 Å². The zero-order chi connectivity index (χ0) is 15.5. The summed E-state index contributed by atoms with van der Waals surface area (Å²) in [6, 6.07) is 0. The van der Waals surface area contributed by atoms with Crippen LogP contribution < -0.4 is 0 Å². The first kappa shape index (κ1) is 14.7. The predicted molar refractivity (Wildman–Crippen MR) is 86.3 cm³/mol. The van der Waals surface area contributed by atoms with Gasteiger partial charge in [-0.25, -0.2) is 0 Å². The molecule has 6 atom stereocenters. The molecule has 0 saturated heterocycles. The van der Waals surface area contributed by atoms with Gasteiger partial charge < -0.3 is 0 Å². The number of Topliss-reactive ketones (excluding diaryl/α,β-unsaturated/α-hetero) is 1. The van der Waals surface area contributed by atoms with Gasteiger partial charge in [0, 0.05) is 12.3 Å². The van der Waals surface area contributed by atoms with E-state index in [1.165, 1.54) is 31.3 Å². The van der Waals surface area contributed by atoms with Gasteiger partial charge in [0.05, 0.1) is 0 Å². The lowest BCUT2D eigenvalue weighted by Crippen LogP contribution is -2.47. The van der Waals surface area contributed by atoms with Gasteiger partial charge in [0.2, 0.25) is 0 Å². The largest absolute Gasteiger partial charge is 0.300 e. The van der Waals surface area contributed by atoms with Crippen LogP contribution in [0, 0.1) is 35.0 Å². The maximum absolute atomic E-state index is 12.1. The minimum atomic E-state index is 0.263. The molecule has 0 N–H and O–H groups in total. The van der Waals surface area contributed by atoms with Gasteiger partial charge in [-0.3, -0.25) is 9.59 Å². The zero-order valence-corrected chi connectivity index (χ0v) is 13.9. The molecule has 2 nitrogen and oxygen atoms in total. The van der Waals surface area contributed by atoms with Gasteiger partial charge in [-0.2, -0.15) is 0 Å². The predicted octanol–water partition coefficient (Wildman–Crippen LogP) is 4.33. The fourth-order valence-electron chi connectivity index (χ4n) is 6.85. The van der Waals surface area contributed by atoms with Crippen LogP contribution >= 0.6 is 0 Å². The first-order chi connectivity index (χ1) is 10.5. The molecule has 0 aliphatic heterocycles. The summed E-state index contributed by atoms with van der Waals surface area (Å²) < 4.78 is 0. The smallest absolute Gasteiger partial charge is 0.155 e. The summed E-state index contributed by atoms with van der Waals surface area (Å²) in [4.78, 5) is 23.8. The second-order valence-corrected chi connectivity index (χ2v) is 8.59. The van der Waals surface area contributed by atoms with Crippen LogP contribution in [0.1, 0.15) is 65.2 Å². The van der Waals surface area contributed by atoms with Gasteiger partial charge in [-0.1, -0.05) is 12.5 Å². The van der Waals surface area contributed by atoms with Crippen LogP contribution in [-0.4, -0.2) is 11.6 Å². The number of carbonyl (C=O) groups is 2. The van der Waals surface area contributed by atoms with Gasteiger partial charge in [0.1, 0.15) is 5.78 Å². The minimum Gasteiger partial charge on any atom is -0.300 e. The SMILES string of the molecule is CC(=O)[C@@H]1CC[C@@H]2[C@@H]3CCC4=CC(=O)CC[C@@H]4[C@H]3CC[C@]21C. The van der Waals surface area contributed by atoms with Gasteiger partial charge in [-0.05, 0) is 87.0 Å². The standard InChI is InChI=1S/C20H28O2/c1-12(21)18-7-8-19-17-5-3-13-11-14(22)4-6-15(13)16(17)9-10-20(18,19)2/h11,15-19H,3-10H2,1-2H3/t15-,16+,17+,18-,19+,20-/m0/s1. The summed E-state index contributed by atoms with van der Waals surface area (Å²) in [7, 11) is 0. The summed E-state index contributed by atoms with van der Waals surface area (Å²) in [5.41, 5.74) is 1.72. The maximum atomic E-state index is 12.1. The Balaban J connectivity index is 1.62. The van der Waals surface area contributed by atoms with Crippen molar-refractivity contribution >= 4 is 11.6 Å². The second-order valence-electron chi connectivity index (χ2n) is 8.59. The second kappa shape index (κ2) is 5.04. The Morgan fingerprint density at radius 2 is 1.91 bits per heavy atom. The molecule has 0 spiro atoms. The quantitative estimate of drug-likeness (QED) is 0.722. The molecular formula is C20H28O2. The molecule has 120 valence electrons. The minimum absolute atomic E-state index is 0.263. The normalized spacial score (nSPS) is 47.3. The number of rotatable bonds is 1. The van der Waals surface area contributed by atoms with Crippen molar-refractivity contribution in [2.24, 2.45) is 35.0 Å². The summed E-state index contributed by atoms with van der Waals surface area (Å²) >= 11 is 0. The first-order valence-corrected chi connectivity index (χ1v) is 9.24. The van der Waals surface area contributed by atoms with Crippen LogP contribution in [0.5, 0.6) is 0 Å². The summed E-state index contributed by atoms with van der Waals surface area (Å²) in [6.07, 6.45) is 11.1. The Labute approximate surface area is 133 Å². The maximum Gasteiger partial charge on any atom is 0.155 e. The third-order valence-electron chi connectivity index (χ3n) is 7.79. The van der Waals surface area contributed by atoms with Crippen molar-refractivity contribution in [2.75, 3.05) is 0 Å². The topological polar surface area (TPSA) is 34.1 Å². The average molecular weight is 300 g/mol. The summed E-state index contributed by atoms with van der Waals surface area (Å²) in [6.45, 7) is 4.21. The number of hydrogen-bond acceptors (Lipinski definition) is 2. The lowest BCUT2D eigenvalue weighted by molar-refractivity contribution is -0.127. The highest BCUT2D eigenvalue weighted by Crippen LogP contribution is 2.63. The van der Waals surface area contributed by atoms with Crippen molar-refractivity contribution in [1.82, 2.24) is 0 Å². The van der Waals surface area contributed by atoms with E-state index >= 15 is 0 Å². The van der Waals surface area contributed by atoms with Crippen LogP contribution in [0.25, 0.3) is 0 Å². The van der Waals surface area contributed by atoms with Crippen LogP contribution in [0.15, 0.2) is 11.6 Å². The molecule has 0 aromatic heterocycles. The number of ketones is 2. The Hall–Kier alpha value is -0.920. The molecule has 0 unspecified atom stereocenters. The number of fused-ring (bicyclic) bond motifs is 5.